The van der Waals surface area contributed by atoms with E-state index in [1.165, 1.54) is 0 Å². The molecule has 1 fully saturated rings. The van der Waals surface area contributed by atoms with Crippen LogP contribution < -0.4 is 0 Å². The standard InChI is InChI=1S/C25H38N2O5/c1-7-26(8-2)22(28)19-12-10-18(11-13-19)20-14-16-27(24(30)32-25(4,5)6)17-15-21(20)23(29)31-9-3/h10-13,20-21H,7-9,14-17H2,1-6H3/t20?,21-/m0/s1. The molecule has 1 aliphatic rings. The van der Waals surface area contributed by atoms with E-state index in [0.717, 1.165) is 5.56 Å². The molecule has 1 heterocycles. The minimum Gasteiger partial charge on any atom is -0.466 e. The highest BCUT2D eigenvalue weighted by Gasteiger charge is 2.36. The topological polar surface area (TPSA) is 76.1 Å². The van der Waals surface area contributed by atoms with Crippen LogP contribution in [0.25, 0.3) is 0 Å². The van der Waals surface area contributed by atoms with Gasteiger partial charge in [-0.1, -0.05) is 12.1 Å². The zero-order valence-corrected chi connectivity index (χ0v) is 20.3. The van der Waals surface area contributed by atoms with Crippen LogP contribution in [0.2, 0.25) is 0 Å². The van der Waals surface area contributed by atoms with Crippen LogP contribution in [0.1, 0.15) is 76.2 Å². The number of nitrogens with zero attached hydrogens (tertiary/aromatic N) is 2. The van der Waals surface area contributed by atoms with E-state index in [2.05, 4.69) is 0 Å². The van der Waals surface area contributed by atoms with Crippen molar-refractivity contribution in [2.45, 2.75) is 65.9 Å². The summed E-state index contributed by atoms with van der Waals surface area (Å²) < 4.78 is 10.9. The maximum atomic E-state index is 12.8. The molecule has 32 heavy (non-hydrogen) atoms. The normalized spacial score (nSPS) is 19.1. The lowest BCUT2D eigenvalue weighted by atomic mass is 9.82. The number of rotatable bonds is 6. The maximum absolute atomic E-state index is 12.8. The summed E-state index contributed by atoms with van der Waals surface area (Å²) in [5.74, 6) is -0.696. The van der Waals surface area contributed by atoms with Crippen LogP contribution in [0.15, 0.2) is 24.3 Å². The van der Waals surface area contributed by atoms with E-state index in [1.54, 1.807) is 16.7 Å². The summed E-state index contributed by atoms with van der Waals surface area (Å²) in [5, 5.41) is 0. The van der Waals surface area contributed by atoms with E-state index in [9.17, 15) is 14.4 Å². The molecule has 1 unspecified atom stereocenters. The molecular formula is C25H38N2O5. The number of amides is 2. The van der Waals surface area contributed by atoms with Gasteiger partial charge >= 0.3 is 12.1 Å². The Labute approximate surface area is 192 Å². The lowest BCUT2D eigenvalue weighted by molar-refractivity contribution is -0.149. The third-order valence-corrected chi connectivity index (χ3v) is 5.78. The number of hydrogen-bond acceptors (Lipinski definition) is 5. The number of esters is 1. The molecule has 1 aromatic rings. The Morgan fingerprint density at radius 1 is 1.00 bits per heavy atom. The molecule has 0 spiro atoms. The van der Waals surface area contributed by atoms with Crippen LogP contribution in [0.5, 0.6) is 0 Å². The molecular weight excluding hydrogens is 408 g/mol. The van der Waals surface area contributed by atoms with Crippen LogP contribution in [0, 0.1) is 5.92 Å². The Balaban J connectivity index is 2.25. The molecule has 0 aliphatic carbocycles. The molecule has 0 N–H and O–H groups in total. The van der Waals surface area contributed by atoms with Crippen molar-refractivity contribution in [3.05, 3.63) is 35.4 Å². The van der Waals surface area contributed by atoms with Gasteiger partial charge in [0.15, 0.2) is 0 Å². The number of carbonyl (C=O) groups is 3. The monoisotopic (exact) mass is 446 g/mol. The molecule has 0 radical (unpaired) electrons. The molecule has 2 amide bonds. The highest BCUT2D eigenvalue weighted by molar-refractivity contribution is 5.94. The van der Waals surface area contributed by atoms with Gasteiger partial charge in [0, 0.05) is 31.7 Å². The lowest BCUT2D eigenvalue weighted by Crippen LogP contribution is -2.37. The second-order valence-electron chi connectivity index (χ2n) is 9.11. The summed E-state index contributed by atoms with van der Waals surface area (Å²) in [6.07, 6.45) is 0.760. The van der Waals surface area contributed by atoms with Crippen molar-refractivity contribution in [2.75, 3.05) is 32.8 Å². The third-order valence-electron chi connectivity index (χ3n) is 5.78. The molecule has 1 aromatic carbocycles. The second-order valence-corrected chi connectivity index (χ2v) is 9.11. The van der Waals surface area contributed by atoms with Crippen molar-refractivity contribution in [3.8, 4) is 0 Å². The largest absolute Gasteiger partial charge is 0.466 e. The van der Waals surface area contributed by atoms with E-state index in [-0.39, 0.29) is 29.8 Å². The van der Waals surface area contributed by atoms with Gasteiger partial charge in [-0.15, -0.1) is 0 Å². The summed E-state index contributed by atoms with van der Waals surface area (Å²) in [7, 11) is 0. The fourth-order valence-electron chi connectivity index (χ4n) is 4.11. The average molecular weight is 447 g/mol. The second kappa shape index (κ2) is 11.3. The lowest BCUT2D eigenvalue weighted by Gasteiger charge is -2.26. The predicted molar refractivity (Wildman–Crippen MR) is 124 cm³/mol. The molecule has 2 atom stereocenters. The number of carbonyl (C=O) groups excluding carboxylic acids is 3. The Bertz CT molecular complexity index is 781. The van der Waals surface area contributed by atoms with Gasteiger partial charge in [-0.25, -0.2) is 4.79 Å². The number of benzene rings is 1. The fraction of sp³-hybridized carbons (Fsp3) is 0.640. The minimum absolute atomic E-state index is 0.000426. The van der Waals surface area contributed by atoms with E-state index >= 15 is 0 Å². The molecule has 0 bridgehead atoms. The van der Waals surface area contributed by atoms with Gasteiger partial charge < -0.3 is 19.3 Å². The van der Waals surface area contributed by atoms with E-state index in [0.29, 0.717) is 51.2 Å². The molecule has 7 heteroatoms. The molecule has 2 rings (SSSR count). The molecule has 7 nitrogen and oxygen atoms in total. The van der Waals surface area contributed by atoms with Crippen molar-refractivity contribution in [1.29, 1.82) is 0 Å². The molecule has 0 aromatic heterocycles. The molecule has 0 saturated carbocycles. The minimum atomic E-state index is -0.573. The van der Waals surface area contributed by atoms with Crippen molar-refractivity contribution >= 4 is 18.0 Å². The van der Waals surface area contributed by atoms with Gasteiger partial charge in [0.2, 0.25) is 0 Å². The first-order valence-corrected chi connectivity index (χ1v) is 11.6. The van der Waals surface area contributed by atoms with Crippen molar-refractivity contribution in [3.63, 3.8) is 0 Å². The van der Waals surface area contributed by atoms with E-state index in [1.807, 2.05) is 58.9 Å². The number of likely N-dealkylation sites (tertiary alicyclic amines) is 1. The Morgan fingerprint density at radius 2 is 1.59 bits per heavy atom. The SMILES string of the molecule is CCOC(=O)[C@H]1CCN(C(=O)OC(C)(C)C)CCC1c1ccc(C(=O)N(CC)CC)cc1. The van der Waals surface area contributed by atoms with Crippen molar-refractivity contribution < 1.29 is 23.9 Å². The van der Waals surface area contributed by atoms with Crippen LogP contribution in [-0.4, -0.2) is 66.2 Å². The van der Waals surface area contributed by atoms with Crippen molar-refractivity contribution in [1.82, 2.24) is 9.80 Å². The molecule has 1 aliphatic heterocycles. The summed E-state index contributed by atoms with van der Waals surface area (Å²) in [6.45, 7) is 13.8. The highest BCUT2D eigenvalue weighted by atomic mass is 16.6. The first kappa shape index (κ1) is 25.7. The highest BCUT2D eigenvalue weighted by Crippen LogP contribution is 2.35. The van der Waals surface area contributed by atoms with Gasteiger partial charge in [0.05, 0.1) is 12.5 Å². The number of ether oxygens (including phenoxy) is 2. The van der Waals surface area contributed by atoms with Gasteiger partial charge in [-0.3, -0.25) is 9.59 Å². The predicted octanol–water partition coefficient (Wildman–Crippen LogP) is 4.46. The van der Waals surface area contributed by atoms with Gasteiger partial charge in [0.25, 0.3) is 5.91 Å². The molecule has 1 saturated heterocycles. The van der Waals surface area contributed by atoms with Gasteiger partial charge in [-0.2, -0.15) is 0 Å². The van der Waals surface area contributed by atoms with E-state index in [4.69, 9.17) is 9.47 Å². The van der Waals surface area contributed by atoms with Gasteiger partial charge in [0.1, 0.15) is 5.60 Å². The molecule has 178 valence electrons. The zero-order chi connectivity index (χ0) is 23.9. The summed E-state index contributed by atoms with van der Waals surface area (Å²) in [5.41, 5.74) is 1.04. The Morgan fingerprint density at radius 3 is 2.12 bits per heavy atom. The summed E-state index contributed by atoms with van der Waals surface area (Å²) in [6, 6.07) is 7.51. The Kier molecular flexibility index (Phi) is 9.10. The fourth-order valence-corrected chi connectivity index (χ4v) is 4.11. The zero-order valence-electron chi connectivity index (χ0n) is 20.3. The number of hydrogen-bond donors (Lipinski definition) is 0. The van der Waals surface area contributed by atoms with Crippen LogP contribution in [-0.2, 0) is 14.3 Å². The van der Waals surface area contributed by atoms with Crippen LogP contribution in [0.3, 0.4) is 0 Å². The summed E-state index contributed by atoms with van der Waals surface area (Å²) >= 11 is 0. The van der Waals surface area contributed by atoms with Crippen LogP contribution in [0.4, 0.5) is 4.79 Å². The first-order chi connectivity index (χ1) is 15.1. The Hall–Kier alpha value is -2.57. The quantitative estimate of drug-likeness (QED) is 0.603. The third kappa shape index (κ3) is 6.71. The van der Waals surface area contributed by atoms with Crippen molar-refractivity contribution in [2.24, 2.45) is 5.92 Å². The average Bonchev–Trinajstić information content (AvgIpc) is 2.97. The smallest absolute Gasteiger partial charge is 0.410 e. The van der Waals surface area contributed by atoms with Crippen LogP contribution >= 0.6 is 0 Å². The van der Waals surface area contributed by atoms with E-state index < -0.39 is 5.60 Å². The summed E-state index contributed by atoms with van der Waals surface area (Å²) in [4.78, 5) is 41.5. The van der Waals surface area contributed by atoms with Gasteiger partial charge in [-0.05, 0) is 78.0 Å². The first-order valence-electron chi connectivity index (χ1n) is 11.6. The maximum Gasteiger partial charge on any atom is 0.410 e.